The molecule has 1 N–H and O–H groups in total. The molecule has 1 unspecified atom stereocenters. The summed E-state index contributed by atoms with van der Waals surface area (Å²) in [4.78, 5) is 18.4. The Morgan fingerprint density at radius 2 is 1.80 bits per heavy atom. The molecule has 1 amide bonds. The second-order valence-electron chi connectivity index (χ2n) is 10.4. The molecule has 9 heteroatoms. The second-order valence-corrected chi connectivity index (χ2v) is 13.5. The number of carbonyl (C=O) groups is 1. The maximum atomic E-state index is 13.4. The lowest BCUT2D eigenvalue weighted by atomic mass is 9.98. The normalized spacial score (nSPS) is 25.2. The standard InChI is InChI=1S/C26H32N2O5S2/c1-25(2)32-16-26(3,33-25)22-15-34-24(27-22)28-23(29)21(14-17-6-4-5-7-17)18-8-10-19(11-9-18)35(30,31)20-12-13-20/h8-11,14-15,17,20H,4-7,12-13,16H2,1-3H3,(H,27,28,29). The number of hydrogen-bond acceptors (Lipinski definition) is 7. The van der Waals surface area contributed by atoms with Gasteiger partial charge in [-0.3, -0.25) is 10.1 Å². The van der Waals surface area contributed by atoms with Crippen molar-refractivity contribution in [1.29, 1.82) is 0 Å². The van der Waals surface area contributed by atoms with Gasteiger partial charge in [-0.15, -0.1) is 11.3 Å². The largest absolute Gasteiger partial charge is 0.347 e. The summed E-state index contributed by atoms with van der Waals surface area (Å²) in [6.45, 7) is 6.06. The summed E-state index contributed by atoms with van der Waals surface area (Å²) in [7, 11) is -3.27. The van der Waals surface area contributed by atoms with Crippen LogP contribution in [0.3, 0.4) is 0 Å². The van der Waals surface area contributed by atoms with Crippen LogP contribution in [0.4, 0.5) is 5.13 Å². The highest BCUT2D eigenvalue weighted by molar-refractivity contribution is 7.92. The number of thiazole rings is 1. The number of rotatable bonds is 7. The van der Waals surface area contributed by atoms with E-state index in [0.29, 0.717) is 33.7 Å². The van der Waals surface area contributed by atoms with Crippen LogP contribution in [0, 0.1) is 5.92 Å². The van der Waals surface area contributed by atoms with Gasteiger partial charge in [-0.05, 0) is 70.1 Å². The van der Waals surface area contributed by atoms with Gasteiger partial charge >= 0.3 is 0 Å². The van der Waals surface area contributed by atoms with E-state index in [4.69, 9.17) is 9.47 Å². The number of ether oxygens (including phenoxy) is 2. The monoisotopic (exact) mass is 516 g/mol. The van der Waals surface area contributed by atoms with E-state index in [2.05, 4.69) is 10.3 Å². The molecule has 1 aromatic heterocycles. The highest BCUT2D eigenvalue weighted by Crippen LogP contribution is 2.39. The number of allylic oxidation sites excluding steroid dienone is 1. The predicted molar refractivity (Wildman–Crippen MR) is 136 cm³/mol. The summed E-state index contributed by atoms with van der Waals surface area (Å²) >= 11 is 1.35. The zero-order valence-corrected chi connectivity index (χ0v) is 22.0. The summed E-state index contributed by atoms with van der Waals surface area (Å²) in [5.74, 6) is -0.592. The van der Waals surface area contributed by atoms with Gasteiger partial charge in [-0.25, -0.2) is 13.4 Å². The highest BCUT2D eigenvalue weighted by Gasteiger charge is 2.44. The van der Waals surface area contributed by atoms with E-state index in [1.807, 2.05) is 32.2 Å². The summed E-state index contributed by atoms with van der Waals surface area (Å²) in [6, 6.07) is 6.74. The van der Waals surface area contributed by atoms with E-state index >= 15 is 0 Å². The van der Waals surface area contributed by atoms with Gasteiger partial charge in [0.25, 0.3) is 5.91 Å². The molecule has 0 radical (unpaired) electrons. The molecule has 3 fully saturated rings. The number of anilines is 1. The maximum Gasteiger partial charge on any atom is 0.257 e. The van der Waals surface area contributed by atoms with Crippen LogP contribution in [0.1, 0.15) is 70.6 Å². The Hall–Kier alpha value is -2.07. The van der Waals surface area contributed by atoms with E-state index in [-0.39, 0.29) is 11.2 Å². The van der Waals surface area contributed by atoms with Crippen molar-refractivity contribution in [3.8, 4) is 0 Å². The van der Waals surface area contributed by atoms with Crippen molar-refractivity contribution in [3.05, 3.63) is 47.0 Å². The van der Waals surface area contributed by atoms with Crippen molar-refractivity contribution < 1.29 is 22.7 Å². The van der Waals surface area contributed by atoms with Gasteiger partial charge in [0.1, 0.15) is 5.60 Å². The van der Waals surface area contributed by atoms with E-state index in [9.17, 15) is 13.2 Å². The molecular weight excluding hydrogens is 484 g/mol. The van der Waals surface area contributed by atoms with Crippen LogP contribution in [0.2, 0.25) is 0 Å². The van der Waals surface area contributed by atoms with Crippen molar-refractivity contribution in [1.82, 2.24) is 4.98 Å². The summed E-state index contributed by atoms with van der Waals surface area (Å²) in [5.41, 5.74) is 1.31. The Morgan fingerprint density at radius 3 is 2.40 bits per heavy atom. The van der Waals surface area contributed by atoms with Crippen molar-refractivity contribution >= 4 is 37.8 Å². The molecule has 1 aliphatic heterocycles. The van der Waals surface area contributed by atoms with Crippen LogP contribution in [0.25, 0.3) is 5.57 Å². The Morgan fingerprint density at radius 1 is 1.11 bits per heavy atom. The Balaban J connectivity index is 1.37. The number of nitrogens with one attached hydrogen (secondary N) is 1. The zero-order chi connectivity index (χ0) is 24.8. The molecule has 5 rings (SSSR count). The van der Waals surface area contributed by atoms with Crippen molar-refractivity contribution in [3.63, 3.8) is 0 Å². The number of sulfone groups is 1. The second kappa shape index (κ2) is 9.10. The molecule has 2 aromatic rings. The number of hydrogen-bond donors (Lipinski definition) is 1. The fourth-order valence-electron chi connectivity index (χ4n) is 4.84. The Bertz CT molecular complexity index is 1240. The molecular formula is C26H32N2O5S2. The third kappa shape index (κ3) is 5.23. The van der Waals surface area contributed by atoms with Gasteiger partial charge in [-0.2, -0.15) is 0 Å². The van der Waals surface area contributed by atoms with Crippen molar-refractivity contribution in [2.24, 2.45) is 5.92 Å². The minimum absolute atomic E-state index is 0.246. The first-order chi connectivity index (χ1) is 16.6. The van der Waals surface area contributed by atoms with Crippen molar-refractivity contribution in [2.45, 2.75) is 80.8 Å². The summed E-state index contributed by atoms with van der Waals surface area (Å²) in [6.07, 6.45) is 7.91. The average Bonchev–Trinajstić information content (AvgIpc) is 3.22. The third-order valence-corrected chi connectivity index (χ3v) is 9.97. The predicted octanol–water partition coefficient (Wildman–Crippen LogP) is 5.29. The van der Waals surface area contributed by atoms with E-state index in [1.54, 1.807) is 24.3 Å². The third-order valence-electron chi connectivity index (χ3n) is 6.94. The van der Waals surface area contributed by atoms with Crippen LogP contribution >= 0.6 is 11.3 Å². The topological polar surface area (TPSA) is 94.6 Å². The summed E-state index contributed by atoms with van der Waals surface area (Å²) in [5, 5.41) is 5.07. The Kier molecular flexibility index (Phi) is 6.40. The first-order valence-electron chi connectivity index (χ1n) is 12.2. The van der Waals surface area contributed by atoms with Crippen LogP contribution < -0.4 is 5.32 Å². The smallest absolute Gasteiger partial charge is 0.257 e. The lowest BCUT2D eigenvalue weighted by molar-refractivity contribution is -0.160. The highest BCUT2D eigenvalue weighted by atomic mass is 32.2. The number of nitrogens with zero attached hydrogens (tertiary/aromatic N) is 1. The SMILES string of the molecule is CC1(C)OCC(C)(c2csc(NC(=O)C(=CC3CCCC3)c3ccc(S(=O)(=O)C4CC4)cc3)n2)O1. The minimum atomic E-state index is -3.27. The first kappa shape index (κ1) is 24.6. The van der Waals surface area contributed by atoms with Gasteiger partial charge in [0.05, 0.1) is 22.4 Å². The van der Waals surface area contributed by atoms with Crippen molar-refractivity contribution in [2.75, 3.05) is 11.9 Å². The van der Waals surface area contributed by atoms with Gasteiger partial charge in [0, 0.05) is 11.0 Å². The Labute approximate surface area is 210 Å². The van der Waals surface area contributed by atoms with E-state index < -0.39 is 21.2 Å². The zero-order valence-electron chi connectivity index (χ0n) is 20.4. The molecule has 35 heavy (non-hydrogen) atoms. The van der Waals surface area contributed by atoms with Gasteiger partial charge in [0.2, 0.25) is 0 Å². The van der Waals surface area contributed by atoms with Crippen LogP contribution in [0.5, 0.6) is 0 Å². The molecule has 1 atom stereocenters. The number of aromatic nitrogens is 1. The molecule has 7 nitrogen and oxygen atoms in total. The molecule has 1 aromatic carbocycles. The van der Waals surface area contributed by atoms with E-state index in [1.165, 1.54) is 11.3 Å². The van der Waals surface area contributed by atoms with Crippen LogP contribution in [-0.4, -0.2) is 37.0 Å². The average molecular weight is 517 g/mol. The molecule has 2 saturated carbocycles. The molecule has 188 valence electrons. The molecule has 3 aliphatic rings. The fourth-order valence-corrected chi connectivity index (χ4v) is 7.32. The van der Waals surface area contributed by atoms with Crippen LogP contribution in [0.15, 0.2) is 40.6 Å². The molecule has 2 heterocycles. The molecule has 2 aliphatic carbocycles. The number of benzene rings is 1. The summed E-state index contributed by atoms with van der Waals surface area (Å²) < 4.78 is 37.0. The van der Waals surface area contributed by atoms with Gasteiger partial charge in [0.15, 0.2) is 20.8 Å². The quantitative estimate of drug-likeness (QED) is 0.503. The lowest BCUT2D eigenvalue weighted by Gasteiger charge is -2.23. The number of carbonyl (C=O) groups excluding carboxylic acids is 1. The lowest BCUT2D eigenvalue weighted by Crippen LogP contribution is -2.28. The number of amides is 1. The fraction of sp³-hybridized carbons (Fsp3) is 0.538. The molecule has 1 saturated heterocycles. The minimum Gasteiger partial charge on any atom is -0.347 e. The van der Waals surface area contributed by atoms with Crippen LogP contribution in [-0.2, 0) is 29.7 Å². The molecule has 0 spiro atoms. The first-order valence-corrected chi connectivity index (χ1v) is 14.7. The van der Waals surface area contributed by atoms with Gasteiger partial charge < -0.3 is 9.47 Å². The molecule has 0 bridgehead atoms. The van der Waals surface area contributed by atoms with Gasteiger partial charge in [-0.1, -0.05) is 31.1 Å². The maximum absolute atomic E-state index is 13.4. The van der Waals surface area contributed by atoms with E-state index in [0.717, 1.165) is 44.2 Å².